The Morgan fingerprint density at radius 2 is 2.43 bits per heavy atom. The average Bonchev–Trinajstić information content (AvgIpc) is 3.17. The Morgan fingerprint density at radius 1 is 1.61 bits per heavy atom. The molecule has 1 aliphatic heterocycles. The van der Waals surface area contributed by atoms with E-state index in [1.165, 1.54) is 6.33 Å². The summed E-state index contributed by atoms with van der Waals surface area (Å²) in [7, 11) is 3.77. The maximum atomic E-state index is 9.41. The van der Waals surface area contributed by atoms with Crippen LogP contribution in [0.15, 0.2) is 23.5 Å². The number of nitrogens with zero attached hydrogens (tertiary/aromatic N) is 6. The van der Waals surface area contributed by atoms with Crippen molar-refractivity contribution < 1.29 is 9.84 Å². The highest BCUT2D eigenvalue weighted by atomic mass is 16.5. The lowest BCUT2D eigenvalue weighted by atomic mass is 10.0. The second-order valence-corrected chi connectivity index (χ2v) is 5.76. The van der Waals surface area contributed by atoms with Crippen LogP contribution in [0, 0.1) is 11.3 Å². The zero-order valence-corrected chi connectivity index (χ0v) is 13.0. The summed E-state index contributed by atoms with van der Waals surface area (Å²) >= 11 is 0. The van der Waals surface area contributed by atoms with E-state index in [-0.39, 0.29) is 12.7 Å². The van der Waals surface area contributed by atoms with E-state index in [1.54, 1.807) is 10.9 Å². The smallest absolute Gasteiger partial charge is 0.181 e. The predicted molar refractivity (Wildman–Crippen MR) is 83.3 cm³/mol. The van der Waals surface area contributed by atoms with Crippen molar-refractivity contribution in [3.8, 4) is 6.07 Å². The summed E-state index contributed by atoms with van der Waals surface area (Å²) < 4.78 is 7.53. The highest BCUT2D eigenvalue weighted by Crippen LogP contribution is 2.39. The highest BCUT2D eigenvalue weighted by molar-refractivity contribution is 5.70. The summed E-state index contributed by atoms with van der Waals surface area (Å²) in [5, 5.41) is 22.9. The third-order valence-corrected chi connectivity index (χ3v) is 3.84. The SMILES string of the molecule is CN(C)/C=N\c1ncnn2c(C3CCC(C#N)(CO)O3)ccc12. The van der Waals surface area contributed by atoms with Crippen molar-refractivity contribution in [2.75, 3.05) is 20.7 Å². The van der Waals surface area contributed by atoms with Gasteiger partial charge in [0.15, 0.2) is 11.4 Å². The molecule has 1 saturated heterocycles. The fourth-order valence-electron chi connectivity index (χ4n) is 2.65. The Kier molecular flexibility index (Phi) is 3.98. The second-order valence-electron chi connectivity index (χ2n) is 5.76. The van der Waals surface area contributed by atoms with E-state index in [0.29, 0.717) is 18.7 Å². The maximum Gasteiger partial charge on any atom is 0.181 e. The summed E-state index contributed by atoms with van der Waals surface area (Å²) in [5.74, 6) is 0.562. The van der Waals surface area contributed by atoms with Crippen molar-refractivity contribution in [1.29, 1.82) is 5.26 Å². The minimum absolute atomic E-state index is 0.287. The van der Waals surface area contributed by atoms with Crippen LogP contribution in [-0.2, 0) is 4.74 Å². The lowest BCUT2D eigenvalue weighted by Crippen LogP contribution is -2.30. The van der Waals surface area contributed by atoms with Gasteiger partial charge < -0.3 is 14.7 Å². The van der Waals surface area contributed by atoms with Gasteiger partial charge in [0, 0.05) is 14.1 Å². The number of hydrogen-bond acceptors (Lipinski definition) is 6. The molecule has 2 aromatic heterocycles. The van der Waals surface area contributed by atoms with Crippen molar-refractivity contribution in [2.45, 2.75) is 24.5 Å². The zero-order chi connectivity index (χ0) is 16.4. The number of hydrogen-bond donors (Lipinski definition) is 1. The Morgan fingerprint density at radius 3 is 3.09 bits per heavy atom. The molecule has 2 unspecified atom stereocenters. The third-order valence-electron chi connectivity index (χ3n) is 3.84. The number of aliphatic imine (C=N–C) groups is 1. The van der Waals surface area contributed by atoms with Gasteiger partial charge in [-0.1, -0.05) is 0 Å². The summed E-state index contributed by atoms with van der Waals surface area (Å²) in [6, 6.07) is 5.85. The first-order chi connectivity index (χ1) is 11.1. The van der Waals surface area contributed by atoms with Gasteiger partial charge in [-0.25, -0.2) is 14.5 Å². The van der Waals surface area contributed by atoms with Crippen molar-refractivity contribution in [3.63, 3.8) is 0 Å². The van der Waals surface area contributed by atoms with Crippen molar-refractivity contribution in [3.05, 3.63) is 24.2 Å². The lowest BCUT2D eigenvalue weighted by Gasteiger charge is -2.18. The molecule has 2 aromatic rings. The van der Waals surface area contributed by atoms with Gasteiger partial charge in [0.1, 0.15) is 24.0 Å². The molecule has 0 aliphatic carbocycles. The number of fused-ring (bicyclic) bond motifs is 1. The van der Waals surface area contributed by atoms with Gasteiger partial charge in [0.2, 0.25) is 0 Å². The standard InChI is InChI=1S/C15H18N6O2/c1-20(2)10-18-14-12-4-3-11(21(12)19-9-17-14)13-5-6-15(7-16,8-22)23-13/h3-4,9-10,13,22H,5-6,8H2,1-2H3/b18-10-. The zero-order valence-electron chi connectivity index (χ0n) is 13.0. The normalized spacial score (nSPS) is 24.3. The molecule has 3 rings (SSSR count). The molecule has 23 heavy (non-hydrogen) atoms. The molecule has 1 fully saturated rings. The van der Waals surface area contributed by atoms with E-state index in [2.05, 4.69) is 21.1 Å². The summed E-state index contributed by atoms with van der Waals surface area (Å²) in [5.41, 5.74) is 0.477. The van der Waals surface area contributed by atoms with Crippen LogP contribution >= 0.6 is 0 Å². The minimum atomic E-state index is -1.12. The van der Waals surface area contributed by atoms with Gasteiger partial charge in [-0.05, 0) is 25.0 Å². The molecule has 1 aliphatic rings. The van der Waals surface area contributed by atoms with Crippen LogP contribution in [0.2, 0.25) is 0 Å². The molecule has 2 atom stereocenters. The van der Waals surface area contributed by atoms with Gasteiger partial charge >= 0.3 is 0 Å². The van der Waals surface area contributed by atoms with Crippen LogP contribution < -0.4 is 0 Å². The van der Waals surface area contributed by atoms with Crippen LogP contribution in [0.1, 0.15) is 24.6 Å². The van der Waals surface area contributed by atoms with Crippen molar-refractivity contribution in [2.24, 2.45) is 4.99 Å². The lowest BCUT2D eigenvalue weighted by molar-refractivity contribution is -0.0386. The van der Waals surface area contributed by atoms with Gasteiger partial charge in [-0.3, -0.25) is 0 Å². The van der Waals surface area contributed by atoms with Crippen molar-refractivity contribution >= 4 is 17.7 Å². The molecule has 0 saturated carbocycles. The van der Waals surface area contributed by atoms with Gasteiger partial charge in [0.05, 0.1) is 18.6 Å². The fraction of sp³-hybridized carbons (Fsp3) is 0.467. The topological polar surface area (TPSA) is 99.0 Å². The van der Waals surface area contributed by atoms with Crippen LogP contribution in [0.25, 0.3) is 5.52 Å². The number of nitriles is 1. The Labute approximate surface area is 133 Å². The molecule has 1 N–H and O–H groups in total. The van der Waals surface area contributed by atoms with Crippen LogP contribution in [-0.4, -0.2) is 57.2 Å². The van der Waals surface area contributed by atoms with Gasteiger partial charge in [-0.15, -0.1) is 0 Å². The number of aromatic nitrogens is 3. The van der Waals surface area contributed by atoms with E-state index in [1.807, 2.05) is 31.1 Å². The number of aliphatic hydroxyl groups is 1. The van der Waals surface area contributed by atoms with Gasteiger partial charge in [-0.2, -0.15) is 10.4 Å². The molecule has 3 heterocycles. The fourth-order valence-corrected chi connectivity index (χ4v) is 2.65. The maximum absolute atomic E-state index is 9.41. The summed E-state index contributed by atoms with van der Waals surface area (Å²) in [6.07, 6.45) is 3.98. The molecule has 0 spiro atoms. The van der Waals surface area contributed by atoms with E-state index in [9.17, 15) is 10.4 Å². The Bertz CT molecular complexity index is 778. The van der Waals surface area contributed by atoms with Gasteiger partial charge in [0.25, 0.3) is 0 Å². The molecule has 0 radical (unpaired) electrons. The largest absolute Gasteiger partial charge is 0.392 e. The molecular formula is C15H18N6O2. The predicted octanol–water partition coefficient (Wildman–Crippen LogP) is 1.06. The Hall–Kier alpha value is -2.50. The average molecular weight is 314 g/mol. The van der Waals surface area contributed by atoms with E-state index in [4.69, 9.17) is 4.74 Å². The molecule has 0 amide bonds. The molecular weight excluding hydrogens is 296 g/mol. The van der Waals surface area contributed by atoms with E-state index >= 15 is 0 Å². The minimum Gasteiger partial charge on any atom is -0.392 e. The number of rotatable bonds is 4. The first kappa shape index (κ1) is 15.4. The number of aliphatic hydroxyl groups excluding tert-OH is 1. The third kappa shape index (κ3) is 2.76. The van der Waals surface area contributed by atoms with Crippen LogP contribution in [0.5, 0.6) is 0 Å². The quantitative estimate of drug-likeness (QED) is 0.669. The van der Waals surface area contributed by atoms with Crippen molar-refractivity contribution in [1.82, 2.24) is 19.5 Å². The molecule has 8 nitrogen and oxygen atoms in total. The Balaban J connectivity index is 1.95. The van der Waals surface area contributed by atoms with Crippen LogP contribution in [0.3, 0.4) is 0 Å². The first-order valence-corrected chi connectivity index (χ1v) is 7.32. The highest BCUT2D eigenvalue weighted by Gasteiger charge is 2.41. The second kappa shape index (κ2) is 5.95. The summed E-state index contributed by atoms with van der Waals surface area (Å²) in [6.45, 7) is -0.309. The monoisotopic (exact) mass is 314 g/mol. The molecule has 8 heteroatoms. The molecule has 120 valence electrons. The van der Waals surface area contributed by atoms with E-state index in [0.717, 1.165) is 11.2 Å². The first-order valence-electron chi connectivity index (χ1n) is 7.32. The summed E-state index contributed by atoms with van der Waals surface area (Å²) in [4.78, 5) is 10.3. The molecule has 0 bridgehead atoms. The van der Waals surface area contributed by atoms with Crippen LogP contribution in [0.4, 0.5) is 5.82 Å². The number of ether oxygens (including phenoxy) is 1. The molecule has 0 aromatic carbocycles. The van der Waals surface area contributed by atoms with E-state index < -0.39 is 5.60 Å².